The minimum Gasteiger partial charge on any atom is -0.360 e. The van der Waals surface area contributed by atoms with E-state index in [1.54, 1.807) is 4.31 Å². The fourth-order valence-corrected chi connectivity index (χ4v) is 8.25. The number of ether oxygens (including phenoxy) is 1. The fourth-order valence-electron chi connectivity index (χ4n) is 6.35. The predicted molar refractivity (Wildman–Crippen MR) is 177 cm³/mol. The number of anilines is 1. The molecule has 9 nitrogen and oxygen atoms in total. The summed E-state index contributed by atoms with van der Waals surface area (Å²) >= 11 is 0. The van der Waals surface area contributed by atoms with Gasteiger partial charge in [0.1, 0.15) is 5.82 Å². The Hall–Kier alpha value is -3.31. The SMILES string of the molecule is Cc1cc(-c2[nH]c3cc(-c4ccc(N5CCN(S(=O)(=O)C6CCN(COC(C)(C)C)C6)CC5)nc4)ccc3c2C)cc(C)n1. The molecule has 2 aliphatic rings. The van der Waals surface area contributed by atoms with E-state index in [0.29, 0.717) is 45.9 Å². The van der Waals surface area contributed by atoms with Crippen LogP contribution in [0.1, 0.15) is 44.1 Å². The monoisotopic (exact) mass is 616 g/mol. The highest BCUT2D eigenvalue weighted by Gasteiger charge is 2.38. The van der Waals surface area contributed by atoms with Gasteiger partial charge in [-0.1, -0.05) is 12.1 Å². The van der Waals surface area contributed by atoms with Crippen LogP contribution in [0.4, 0.5) is 5.82 Å². The summed E-state index contributed by atoms with van der Waals surface area (Å²) in [7, 11) is -3.36. The minimum atomic E-state index is -3.36. The van der Waals surface area contributed by atoms with Gasteiger partial charge in [0.2, 0.25) is 10.0 Å². The number of pyridine rings is 2. The van der Waals surface area contributed by atoms with Crippen LogP contribution < -0.4 is 4.90 Å². The van der Waals surface area contributed by atoms with Crippen molar-refractivity contribution in [3.63, 3.8) is 0 Å². The Morgan fingerprint density at radius 2 is 1.61 bits per heavy atom. The molecule has 1 N–H and O–H groups in total. The van der Waals surface area contributed by atoms with Gasteiger partial charge in [0.25, 0.3) is 0 Å². The maximum absolute atomic E-state index is 13.4. The second-order valence-electron chi connectivity index (χ2n) is 13.2. The quantitative estimate of drug-likeness (QED) is 0.292. The Balaban J connectivity index is 1.09. The Morgan fingerprint density at radius 3 is 2.27 bits per heavy atom. The highest BCUT2D eigenvalue weighted by atomic mass is 32.2. The molecule has 0 amide bonds. The van der Waals surface area contributed by atoms with E-state index in [0.717, 1.165) is 51.7 Å². The van der Waals surface area contributed by atoms with E-state index in [4.69, 9.17) is 9.72 Å². The number of fused-ring (bicyclic) bond motifs is 1. The lowest BCUT2D eigenvalue weighted by atomic mass is 10.0. The number of hydrogen-bond acceptors (Lipinski definition) is 7. The number of piperazine rings is 1. The van der Waals surface area contributed by atoms with Gasteiger partial charge >= 0.3 is 0 Å². The van der Waals surface area contributed by atoms with Crippen LogP contribution in [0.2, 0.25) is 0 Å². The molecule has 0 bridgehead atoms. The molecule has 3 aromatic heterocycles. The van der Waals surface area contributed by atoms with Crippen molar-refractivity contribution in [1.82, 2.24) is 24.2 Å². The van der Waals surface area contributed by atoms with Gasteiger partial charge in [-0.15, -0.1) is 0 Å². The molecule has 1 atom stereocenters. The summed E-state index contributed by atoms with van der Waals surface area (Å²) < 4.78 is 34.4. The molecule has 0 spiro atoms. The molecule has 0 radical (unpaired) electrons. The highest BCUT2D eigenvalue weighted by Crippen LogP contribution is 2.33. The van der Waals surface area contributed by atoms with E-state index in [-0.39, 0.29) is 10.9 Å². The van der Waals surface area contributed by atoms with Crippen molar-refractivity contribution in [3.8, 4) is 22.4 Å². The van der Waals surface area contributed by atoms with E-state index < -0.39 is 10.0 Å². The van der Waals surface area contributed by atoms with Gasteiger partial charge in [0.05, 0.1) is 17.6 Å². The Bertz CT molecular complexity index is 1730. The van der Waals surface area contributed by atoms with Crippen molar-refractivity contribution < 1.29 is 13.2 Å². The first-order valence-electron chi connectivity index (χ1n) is 15.5. The topological polar surface area (TPSA) is 94.7 Å². The molecule has 2 aliphatic heterocycles. The van der Waals surface area contributed by atoms with Gasteiger partial charge in [0.15, 0.2) is 0 Å². The predicted octanol–water partition coefficient (Wildman–Crippen LogP) is 5.52. The van der Waals surface area contributed by atoms with Crippen molar-refractivity contribution >= 4 is 26.7 Å². The number of rotatable bonds is 7. The molecule has 0 aliphatic carbocycles. The van der Waals surface area contributed by atoms with Gasteiger partial charge < -0.3 is 14.6 Å². The first-order chi connectivity index (χ1) is 20.9. The molecule has 2 fully saturated rings. The normalized spacial score (nSPS) is 18.9. The van der Waals surface area contributed by atoms with Gasteiger partial charge in [-0.05, 0) is 89.4 Å². The molecule has 4 aromatic rings. The summed E-state index contributed by atoms with van der Waals surface area (Å²) in [5, 5.41) is 0.835. The number of nitrogens with zero attached hydrogens (tertiary/aromatic N) is 5. The zero-order chi connectivity index (χ0) is 31.2. The van der Waals surface area contributed by atoms with Gasteiger partial charge in [-0.3, -0.25) is 9.88 Å². The molecule has 6 rings (SSSR count). The molecule has 5 heterocycles. The van der Waals surface area contributed by atoms with Crippen molar-refractivity contribution in [2.45, 2.75) is 58.8 Å². The minimum absolute atomic E-state index is 0.238. The average molecular weight is 617 g/mol. The third-order valence-electron chi connectivity index (χ3n) is 8.76. The number of aryl methyl sites for hydroxylation is 3. The van der Waals surface area contributed by atoms with Crippen LogP contribution in [0.5, 0.6) is 0 Å². The number of aromatic amines is 1. The van der Waals surface area contributed by atoms with Crippen molar-refractivity contribution in [2.75, 3.05) is 50.9 Å². The van der Waals surface area contributed by atoms with E-state index in [1.807, 2.05) is 46.9 Å². The maximum atomic E-state index is 13.4. The Kier molecular flexibility index (Phi) is 8.30. The van der Waals surface area contributed by atoms with Crippen molar-refractivity contribution in [1.29, 1.82) is 0 Å². The van der Waals surface area contributed by atoms with Gasteiger partial charge in [-0.2, -0.15) is 4.31 Å². The third-order valence-corrected chi connectivity index (χ3v) is 11.1. The molecular formula is C34H44N6O3S. The zero-order valence-corrected chi connectivity index (χ0v) is 27.5. The van der Waals surface area contributed by atoms with Crippen LogP contribution >= 0.6 is 0 Å². The number of sulfonamides is 1. The molecule has 1 unspecified atom stereocenters. The molecule has 44 heavy (non-hydrogen) atoms. The van der Waals surface area contributed by atoms with Crippen molar-refractivity contribution in [2.24, 2.45) is 0 Å². The lowest BCUT2D eigenvalue weighted by molar-refractivity contribution is -0.0565. The maximum Gasteiger partial charge on any atom is 0.218 e. The van der Waals surface area contributed by atoms with Crippen LogP contribution in [0, 0.1) is 20.8 Å². The summed E-state index contributed by atoms with van der Waals surface area (Å²) in [4.78, 5) is 17.2. The standard InChI is InChI=1S/C34H44N6O3S/c1-23-17-28(18-24(2)36-23)33-25(3)30-9-7-26(19-31(30)37-33)27-8-10-32(35-20-27)39-13-15-40(16-14-39)44(41,42)29-11-12-38(21-29)22-43-34(4,5)6/h7-10,17-20,29,37H,11-16,21-22H2,1-6H3. The summed E-state index contributed by atoms with van der Waals surface area (Å²) in [6.07, 6.45) is 2.57. The molecule has 234 valence electrons. The fraction of sp³-hybridized carbons (Fsp3) is 0.471. The van der Waals surface area contributed by atoms with Gasteiger partial charge in [-0.25, -0.2) is 13.4 Å². The number of nitrogens with one attached hydrogen (secondary N) is 1. The van der Waals surface area contributed by atoms with Crippen LogP contribution in [-0.2, 0) is 14.8 Å². The molecule has 1 aromatic carbocycles. The number of benzene rings is 1. The van der Waals surface area contributed by atoms with E-state index in [9.17, 15) is 8.42 Å². The smallest absolute Gasteiger partial charge is 0.218 e. The third kappa shape index (κ3) is 6.40. The summed E-state index contributed by atoms with van der Waals surface area (Å²) in [5.74, 6) is 0.875. The van der Waals surface area contributed by atoms with E-state index in [2.05, 4.69) is 63.1 Å². The zero-order valence-electron chi connectivity index (χ0n) is 26.7. The Labute approximate surface area is 261 Å². The first kappa shape index (κ1) is 30.7. The summed E-state index contributed by atoms with van der Waals surface area (Å²) in [6.45, 7) is 16.2. The molecule has 0 saturated carbocycles. The summed E-state index contributed by atoms with van der Waals surface area (Å²) in [5.41, 5.74) is 8.52. The largest absolute Gasteiger partial charge is 0.360 e. The molecule has 10 heteroatoms. The van der Waals surface area contributed by atoms with Crippen LogP contribution in [0.25, 0.3) is 33.3 Å². The van der Waals surface area contributed by atoms with Crippen LogP contribution in [0.3, 0.4) is 0 Å². The number of likely N-dealkylation sites (tertiary alicyclic amines) is 1. The lowest BCUT2D eigenvalue weighted by Crippen LogP contribution is -2.51. The summed E-state index contributed by atoms with van der Waals surface area (Å²) in [6, 6.07) is 14.9. The number of H-pyrrole nitrogens is 1. The Morgan fingerprint density at radius 1 is 0.909 bits per heavy atom. The number of aromatic nitrogens is 3. The van der Waals surface area contributed by atoms with Crippen molar-refractivity contribution in [3.05, 3.63) is 65.6 Å². The highest BCUT2D eigenvalue weighted by molar-refractivity contribution is 7.89. The molecule has 2 saturated heterocycles. The second kappa shape index (κ2) is 11.9. The van der Waals surface area contributed by atoms with E-state index >= 15 is 0 Å². The average Bonchev–Trinajstić information content (AvgIpc) is 3.60. The first-order valence-corrected chi connectivity index (χ1v) is 17.0. The number of hydrogen-bond donors (Lipinski definition) is 1. The van der Waals surface area contributed by atoms with Crippen LogP contribution in [-0.4, -0.2) is 89.4 Å². The lowest BCUT2D eigenvalue weighted by Gasteiger charge is -2.36. The molecular weight excluding hydrogens is 572 g/mol. The second-order valence-corrected chi connectivity index (χ2v) is 15.4. The van der Waals surface area contributed by atoms with Crippen LogP contribution in [0.15, 0.2) is 48.7 Å². The van der Waals surface area contributed by atoms with E-state index in [1.165, 1.54) is 10.9 Å². The van der Waals surface area contributed by atoms with Gasteiger partial charge in [0, 0.05) is 84.6 Å².